The van der Waals surface area contributed by atoms with Crippen molar-refractivity contribution in [2.75, 3.05) is 53.0 Å². The highest BCUT2D eigenvalue weighted by atomic mass is 127. The standard InChI is InChI=1S/C25H40N4O3.HI/c1-4-26-25(29-17-13-20(14-18-29)24(30)32-5-2)27-19-22(28-15-9-6-10-16-28)21-11-7-8-12-23(21)31-3;/h7-8,11-12,20,22H,4-6,9-10,13-19H2,1-3H3,(H,26,27);1H. The first-order chi connectivity index (χ1) is 15.7. The molecule has 0 radical (unpaired) electrons. The highest BCUT2D eigenvalue weighted by Gasteiger charge is 2.28. The van der Waals surface area contributed by atoms with E-state index < -0.39 is 0 Å². The van der Waals surface area contributed by atoms with Gasteiger partial charge < -0.3 is 19.7 Å². The van der Waals surface area contributed by atoms with Gasteiger partial charge >= 0.3 is 5.97 Å². The highest BCUT2D eigenvalue weighted by molar-refractivity contribution is 14.0. The average molecular weight is 573 g/mol. The number of rotatable bonds is 8. The number of piperidine rings is 2. The molecule has 2 aliphatic heterocycles. The van der Waals surface area contributed by atoms with Crippen molar-refractivity contribution in [3.05, 3.63) is 29.8 Å². The van der Waals surface area contributed by atoms with Crippen LogP contribution >= 0.6 is 24.0 Å². The number of likely N-dealkylation sites (tertiary alicyclic amines) is 2. The van der Waals surface area contributed by atoms with Gasteiger partial charge in [-0.15, -0.1) is 24.0 Å². The normalized spacial score (nSPS) is 18.9. The number of benzene rings is 1. The lowest BCUT2D eigenvalue weighted by Gasteiger charge is -2.36. The van der Waals surface area contributed by atoms with E-state index in [-0.39, 0.29) is 41.9 Å². The van der Waals surface area contributed by atoms with E-state index >= 15 is 0 Å². The molecule has 1 aromatic rings. The smallest absolute Gasteiger partial charge is 0.309 e. The zero-order valence-corrected chi connectivity index (χ0v) is 22.8. The van der Waals surface area contributed by atoms with Crippen LogP contribution in [0.25, 0.3) is 0 Å². The van der Waals surface area contributed by atoms with Gasteiger partial charge in [-0.05, 0) is 58.7 Å². The Hall–Kier alpha value is -1.55. The van der Waals surface area contributed by atoms with Crippen LogP contribution in [0.15, 0.2) is 29.3 Å². The predicted molar refractivity (Wildman–Crippen MR) is 143 cm³/mol. The molecule has 2 fully saturated rings. The molecule has 0 bridgehead atoms. The Bertz CT molecular complexity index is 747. The van der Waals surface area contributed by atoms with Crippen LogP contribution in [0.2, 0.25) is 0 Å². The number of para-hydroxylation sites is 1. The first-order valence-corrected chi connectivity index (χ1v) is 12.2. The molecular weight excluding hydrogens is 531 g/mol. The van der Waals surface area contributed by atoms with Crippen LogP contribution in [0, 0.1) is 5.92 Å². The lowest BCUT2D eigenvalue weighted by molar-refractivity contribution is -0.149. The fraction of sp³-hybridized carbons (Fsp3) is 0.680. The number of hydrogen-bond donors (Lipinski definition) is 1. The number of carbonyl (C=O) groups excluding carboxylic acids is 1. The molecule has 2 saturated heterocycles. The lowest BCUT2D eigenvalue weighted by Crippen LogP contribution is -2.47. The number of methoxy groups -OCH3 is 1. The summed E-state index contributed by atoms with van der Waals surface area (Å²) in [6.07, 6.45) is 5.39. The van der Waals surface area contributed by atoms with Crippen molar-refractivity contribution in [2.45, 2.75) is 52.0 Å². The van der Waals surface area contributed by atoms with E-state index in [9.17, 15) is 4.79 Å². The van der Waals surface area contributed by atoms with Crippen LogP contribution in [0.4, 0.5) is 0 Å². The van der Waals surface area contributed by atoms with E-state index in [4.69, 9.17) is 14.5 Å². The second-order valence-corrected chi connectivity index (χ2v) is 8.56. The van der Waals surface area contributed by atoms with E-state index in [0.29, 0.717) is 13.2 Å². The maximum atomic E-state index is 12.1. The second-order valence-electron chi connectivity index (χ2n) is 8.56. The van der Waals surface area contributed by atoms with Crippen LogP contribution in [0.3, 0.4) is 0 Å². The molecule has 3 rings (SSSR count). The van der Waals surface area contributed by atoms with E-state index in [1.54, 1.807) is 7.11 Å². The van der Waals surface area contributed by atoms with Crippen molar-refractivity contribution in [1.29, 1.82) is 0 Å². The molecule has 8 heteroatoms. The Morgan fingerprint density at radius 2 is 1.82 bits per heavy atom. The fourth-order valence-electron chi connectivity index (χ4n) is 4.77. The molecule has 1 N–H and O–H groups in total. The molecule has 1 aromatic carbocycles. The first-order valence-electron chi connectivity index (χ1n) is 12.2. The molecule has 0 amide bonds. The van der Waals surface area contributed by atoms with Crippen molar-refractivity contribution in [3.63, 3.8) is 0 Å². The summed E-state index contributed by atoms with van der Waals surface area (Å²) in [6.45, 7) is 9.74. The number of ether oxygens (including phenoxy) is 2. The summed E-state index contributed by atoms with van der Waals surface area (Å²) in [4.78, 5) is 22.0. The Balaban J connectivity index is 0.00000385. The van der Waals surface area contributed by atoms with E-state index in [0.717, 1.165) is 57.3 Å². The van der Waals surface area contributed by atoms with Crippen molar-refractivity contribution < 1.29 is 14.3 Å². The Labute approximate surface area is 216 Å². The summed E-state index contributed by atoms with van der Waals surface area (Å²) in [7, 11) is 1.74. The predicted octanol–water partition coefficient (Wildman–Crippen LogP) is 4.08. The number of hydrogen-bond acceptors (Lipinski definition) is 5. The number of nitrogens with zero attached hydrogens (tertiary/aromatic N) is 3. The van der Waals surface area contributed by atoms with Crippen molar-refractivity contribution in [2.24, 2.45) is 10.9 Å². The molecule has 2 heterocycles. The Morgan fingerprint density at radius 3 is 2.45 bits per heavy atom. The highest BCUT2D eigenvalue weighted by Crippen LogP contribution is 2.31. The van der Waals surface area contributed by atoms with Crippen LogP contribution in [-0.2, 0) is 9.53 Å². The Kier molecular flexibility index (Phi) is 12.3. The van der Waals surface area contributed by atoms with Crippen LogP contribution < -0.4 is 10.1 Å². The monoisotopic (exact) mass is 572 g/mol. The Morgan fingerprint density at radius 1 is 1.12 bits per heavy atom. The molecule has 0 saturated carbocycles. The molecular formula is C25H41IN4O3. The number of esters is 1. The lowest BCUT2D eigenvalue weighted by atomic mass is 9.97. The third-order valence-corrected chi connectivity index (χ3v) is 6.49. The third kappa shape index (κ3) is 7.73. The summed E-state index contributed by atoms with van der Waals surface area (Å²) in [5.74, 6) is 1.81. The summed E-state index contributed by atoms with van der Waals surface area (Å²) in [5, 5.41) is 3.47. The molecule has 2 aliphatic rings. The molecule has 33 heavy (non-hydrogen) atoms. The second kappa shape index (κ2) is 14.7. The molecule has 1 atom stereocenters. The molecule has 0 spiro atoms. The number of aliphatic imine (C=N–C) groups is 1. The third-order valence-electron chi connectivity index (χ3n) is 6.49. The van der Waals surface area contributed by atoms with Gasteiger partial charge in [0.05, 0.1) is 32.2 Å². The largest absolute Gasteiger partial charge is 0.496 e. The van der Waals surface area contributed by atoms with Crippen LogP contribution in [0.5, 0.6) is 5.75 Å². The minimum atomic E-state index is -0.0598. The van der Waals surface area contributed by atoms with Gasteiger partial charge in [-0.25, -0.2) is 0 Å². The van der Waals surface area contributed by atoms with Gasteiger partial charge in [-0.3, -0.25) is 14.7 Å². The first kappa shape index (κ1) is 27.7. The zero-order chi connectivity index (χ0) is 22.8. The van der Waals surface area contributed by atoms with Gasteiger partial charge in [0, 0.05) is 25.2 Å². The maximum Gasteiger partial charge on any atom is 0.309 e. The summed E-state index contributed by atoms with van der Waals surface area (Å²) >= 11 is 0. The number of guanidine groups is 1. The fourth-order valence-corrected chi connectivity index (χ4v) is 4.77. The van der Waals surface area contributed by atoms with Crippen molar-refractivity contribution in [3.8, 4) is 5.75 Å². The van der Waals surface area contributed by atoms with Gasteiger partial charge in [0.2, 0.25) is 0 Å². The summed E-state index contributed by atoms with van der Waals surface area (Å²) in [5.41, 5.74) is 1.21. The van der Waals surface area contributed by atoms with Crippen LogP contribution in [-0.4, -0.2) is 74.7 Å². The van der Waals surface area contributed by atoms with Crippen LogP contribution in [0.1, 0.15) is 57.6 Å². The minimum absolute atomic E-state index is 0. The average Bonchev–Trinajstić information content (AvgIpc) is 2.84. The van der Waals surface area contributed by atoms with Crippen molar-refractivity contribution in [1.82, 2.24) is 15.1 Å². The topological polar surface area (TPSA) is 66.4 Å². The van der Waals surface area contributed by atoms with E-state index in [1.165, 1.54) is 24.8 Å². The molecule has 186 valence electrons. The van der Waals surface area contributed by atoms with Crippen molar-refractivity contribution >= 4 is 35.9 Å². The molecule has 7 nitrogen and oxygen atoms in total. The molecule has 1 unspecified atom stereocenters. The van der Waals surface area contributed by atoms with Gasteiger partial charge in [0.15, 0.2) is 5.96 Å². The minimum Gasteiger partial charge on any atom is -0.496 e. The summed E-state index contributed by atoms with van der Waals surface area (Å²) in [6, 6.07) is 8.52. The molecule has 0 aliphatic carbocycles. The summed E-state index contributed by atoms with van der Waals surface area (Å²) < 4.78 is 10.9. The number of carbonyl (C=O) groups is 1. The quantitative estimate of drug-likeness (QED) is 0.219. The number of halogens is 1. The van der Waals surface area contributed by atoms with E-state index in [1.807, 2.05) is 19.1 Å². The van der Waals surface area contributed by atoms with Gasteiger partial charge in [0.25, 0.3) is 0 Å². The SMILES string of the molecule is CCNC(=NCC(c1ccccc1OC)N1CCCCC1)N1CCC(C(=O)OCC)CC1.I. The van der Waals surface area contributed by atoms with Gasteiger partial charge in [-0.1, -0.05) is 24.6 Å². The maximum absolute atomic E-state index is 12.1. The molecule has 0 aromatic heterocycles. The number of nitrogens with one attached hydrogen (secondary N) is 1. The van der Waals surface area contributed by atoms with Gasteiger partial charge in [-0.2, -0.15) is 0 Å². The van der Waals surface area contributed by atoms with E-state index in [2.05, 4.69) is 34.2 Å². The van der Waals surface area contributed by atoms with Gasteiger partial charge in [0.1, 0.15) is 5.75 Å². The zero-order valence-electron chi connectivity index (χ0n) is 20.4.